The summed E-state index contributed by atoms with van der Waals surface area (Å²) in [6, 6.07) is 8.20. The molecular formula is C22H30N2O2. The highest BCUT2D eigenvalue weighted by molar-refractivity contribution is 5.80. The molecule has 4 aliphatic carbocycles. The molecule has 1 amide bonds. The number of hydrogen-bond donors (Lipinski definition) is 0. The maximum Gasteiger partial charge on any atom is 0.226 e. The molecule has 5 fully saturated rings. The molecule has 0 spiro atoms. The second-order valence-electron chi connectivity index (χ2n) is 8.94. The molecule has 0 unspecified atom stereocenters. The Kier molecular flexibility index (Phi) is 4.10. The van der Waals surface area contributed by atoms with Gasteiger partial charge in [0.05, 0.1) is 12.8 Å². The number of methoxy groups -OCH3 is 1. The minimum atomic E-state index is 0.334. The third-order valence-corrected chi connectivity index (χ3v) is 7.53. The van der Waals surface area contributed by atoms with Crippen LogP contribution in [0.15, 0.2) is 24.3 Å². The number of carbonyl (C=O) groups is 1. The predicted molar refractivity (Wildman–Crippen MR) is 102 cm³/mol. The SMILES string of the molecule is COc1ccccc1N1CCN(C(=O)C2C3CC4CC(C3)CC2C4)CC1. The van der Waals surface area contributed by atoms with Crippen molar-refractivity contribution in [2.45, 2.75) is 32.1 Å². The van der Waals surface area contributed by atoms with Gasteiger partial charge < -0.3 is 14.5 Å². The molecule has 0 aromatic heterocycles. The highest BCUT2D eigenvalue weighted by Gasteiger charge is 2.51. The lowest BCUT2D eigenvalue weighted by molar-refractivity contribution is -0.149. The molecule has 140 valence electrons. The Bertz CT molecular complexity index is 652. The van der Waals surface area contributed by atoms with Gasteiger partial charge >= 0.3 is 0 Å². The number of piperazine rings is 1. The summed E-state index contributed by atoms with van der Waals surface area (Å²) in [5, 5.41) is 0. The Morgan fingerprint density at radius 3 is 2.15 bits per heavy atom. The summed E-state index contributed by atoms with van der Waals surface area (Å²) in [7, 11) is 1.73. The molecule has 4 bridgehead atoms. The van der Waals surface area contributed by atoms with E-state index < -0.39 is 0 Å². The lowest BCUT2D eigenvalue weighted by Crippen LogP contribution is -2.56. The molecule has 4 saturated carbocycles. The number of benzene rings is 1. The number of carbonyl (C=O) groups excluding carboxylic acids is 1. The maximum absolute atomic E-state index is 13.3. The average molecular weight is 354 g/mol. The minimum absolute atomic E-state index is 0.334. The highest BCUT2D eigenvalue weighted by atomic mass is 16.5. The third-order valence-electron chi connectivity index (χ3n) is 7.53. The van der Waals surface area contributed by atoms with Crippen molar-refractivity contribution in [3.8, 4) is 5.75 Å². The highest BCUT2D eigenvalue weighted by Crippen LogP contribution is 2.56. The molecule has 6 rings (SSSR count). The predicted octanol–water partition coefficient (Wildman–Crippen LogP) is 3.42. The number of anilines is 1. The molecule has 1 aromatic rings. The Balaban J connectivity index is 1.25. The summed E-state index contributed by atoms with van der Waals surface area (Å²) in [5.74, 6) is 4.97. The van der Waals surface area contributed by atoms with E-state index in [1.807, 2.05) is 12.1 Å². The second-order valence-corrected chi connectivity index (χ2v) is 8.94. The summed E-state index contributed by atoms with van der Waals surface area (Å²) in [4.78, 5) is 17.9. The van der Waals surface area contributed by atoms with Gasteiger partial charge in [-0.15, -0.1) is 0 Å². The first-order valence-corrected chi connectivity index (χ1v) is 10.4. The smallest absolute Gasteiger partial charge is 0.226 e. The zero-order chi connectivity index (χ0) is 17.7. The van der Waals surface area contributed by atoms with Crippen molar-refractivity contribution >= 4 is 11.6 Å². The van der Waals surface area contributed by atoms with E-state index in [0.29, 0.717) is 23.7 Å². The molecule has 1 aliphatic heterocycles. The van der Waals surface area contributed by atoms with Crippen molar-refractivity contribution in [3.05, 3.63) is 24.3 Å². The lowest BCUT2D eigenvalue weighted by Gasteiger charge is -2.54. The van der Waals surface area contributed by atoms with Crippen molar-refractivity contribution in [2.75, 3.05) is 38.2 Å². The Hall–Kier alpha value is -1.71. The van der Waals surface area contributed by atoms with Crippen LogP contribution >= 0.6 is 0 Å². The van der Waals surface area contributed by atoms with E-state index in [2.05, 4.69) is 21.9 Å². The van der Waals surface area contributed by atoms with E-state index in [4.69, 9.17) is 4.74 Å². The minimum Gasteiger partial charge on any atom is -0.495 e. The van der Waals surface area contributed by atoms with Crippen LogP contribution < -0.4 is 9.64 Å². The van der Waals surface area contributed by atoms with Crippen LogP contribution in [0.1, 0.15) is 32.1 Å². The first-order chi connectivity index (χ1) is 12.7. The zero-order valence-corrected chi connectivity index (χ0v) is 15.8. The zero-order valence-electron chi connectivity index (χ0n) is 15.8. The van der Waals surface area contributed by atoms with Crippen LogP contribution in [0.25, 0.3) is 0 Å². The summed E-state index contributed by atoms with van der Waals surface area (Å²) in [5.41, 5.74) is 1.15. The first-order valence-electron chi connectivity index (χ1n) is 10.4. The molecular weight excluding hydrogens is 324 g/mol. The summed E-state index contributed by atoms with van der Waals surface area (Å²) in [6.07, 6.45) is 6.75. The van der Waals surface area contributed by atoms with Gasteiger partial charge in [0.1, 0.15) is 5.75 Å². The monoisotopic (exact) mass is 354 g/mol. The van der Waals surface area contributed by atoms with Gasteiger partial charge in [-0.2, -0.15) is 0 Å². The maximum atomic E-state index is 13.3. The molecule has 26 heavy (non-hydrogen) atoms. The van der Waals surface area contributed by atoms with Gasteiger partial charge in [-0.3, -0.25) is 4.79 Å². The Morgan fingerprint density at radius 2 is 1.54 bits per heavy atom. The standard InChI is InChI=1S/C22H30N2O2/c1-26-20-5-3-2-4-19(20)23-6-8-24(9-7-23)22(25)21-17-11-15-10-16(13-17)14-18(21)12-15/h2-5,15-18,21H,6-14H2,1H3. The average Bonchev–Trinajstić information content (AvgIpc) is 2.67. The van der Waals surface area contributed by atoms with Crippen molar-refractivity contribution in [1.29, 1.82) is 0 Å². The van der Waals surface area contributed by atoms with Crippen LogP contribution in [-0.2, 0) is 4.79 Å². The second kappa shape index (κ2) is 6.47. The van der Waals surface area contributed by atoms with E-state index >= 15 is 0 Å². The number of rotatable bonds is 3. The fraction of sp³-hybridized carbons (Fsp3) is 0.682. The third kappa shape index (κ3) is 2.69. The van der Waals surface area contributed by atoms with Crippen LogP contribution in [0.4, 0.5) is 5.69 Å². The van der Waals surface area contributed by atoms with Gasteiger partial charge in [0.2, 0.25) is 5.91 Å². The molecule has 1 saturated heterocycles. The Morgan fingerprint density at radius 1 is 0.923 bits per heavy atom. The Labute approximate surface area is 156 Å². The largest absolute Gasteiger partial charge is 0.495 e. The lowest BCUT2D eigenvalue weighted by atomic mass is 9.51. The van der Waals surface area contributed by atoms with Crippen LogP contribution in [0.2, 0.25) is 0 Å². The summed E-state index contributed by atoms with van der Waals surface area (Å²) >= 11 is 0. The fourth-order valence-corrected chi connectivity index (χ4v) is 6.60. The van der Waals surface area contributed by atoms with Gasteiger partial charge in [-0.1, -0.05) is 12.1 Å². The van der Waals surface area contributed by atoms with E-state index in [9.17, 15) is 4.79 Å². The molecule has 4 nitrogen and oxygen atoms in total. The topological polar surface area (TPSA) is 32.8 Å². The van der Waals surface area contributed by atoms with Gasteiger partial charge in [0, 0.05) is 32.1 Å². The van der Waals surface area contributed by atoms with Crippen molar-refractivity contribution in [3.63, 3.8) is 0 Å². The molecule has 5 aliphatic rings. The summed E-state index contributed by atoms with van der Waals surface area (Å²) < 4.78 is 5.51. The first kappa shape index (κ1) is 16.5. The number of nitrogens with zero attached hydrogens (tertiary/aromatic N) is 2. The van der Waals surface area contributed by atoms with E-state index in [1.165, 1.54) is 32.1 Å². The van der Waals surface area contributed by atoms with Gasteiger partial charge in [-0.05, 0) is 67.9 Å². The number of hydrogen-bond acceptors (Lipinski definition) is 3. The quantitative estimate of drug-likeness (QED) is 0.834. The normalized spacial score (nSPS) is 35.7. The van der Waals surface area contributed by atoms with Crippen molar-refractivity contribution in [1.82, 2.24) is 4.90 Å². The number of para-hydroxylation sites is 2. The van der Waals surface area contributed by atoms with Crippen LogP contribution in [-0.4, -0.2) is 44.1 Å². The molecule has 0 atom stereocenters. The van der Waals surface area contributed by atoms with Crippen molar-refractivity contribution < 1.29 is 9.53 Å². The van der Waals surface area contributed by atoms with Crippen LogP contribution in [0, 0.1) is 29.6 Å². The molecule has 0 radical (unpaired) electrons. The van der Waals surface area contributed by atoms with E-state index in [-0.39, 0.29) is 0 Å². The molecule has 1 heterocycles. The van der Waals surface area contributed by atoms with Gasteiger partial charge in [-0.25, -0.2) is 0 Å². The van der Waals surface area contributed by atoms with Gasteiger partial charge in [0.25, 0.3) is 0 Å². The number of amides is 1. The van der Waals surface area contributed by atoms with Crippen LogP contribution in [0.5, 0.6) is 5.75 Å². The van der Waals surface area contributed by atoms with E-state index in [0.717, 1.165) is 49.5 Å². The molecule has 0 N–H and O–H groups in total. The fourth-order valence-electron chi connectivity index (χ4n) is 6.60. The van der Waals surface area contributed by atoms with Crippen LogP contribution in [0.3, 0.4) is 0 Å². The molecule has 4 heteroatoms. The number of ether oxygens (including phenoxy) is 1. The summed E-state index contributed by atoms with van der Waals surface area (Å²) in [6.45, 7) is 3.50. The van der Waals surface area contributed by atoms with E-state index in [1.54, 1.807) is 7.11 Å². The van der Waals surface area contributed by atoms with Crippen molar-refractivity contribution in [2.24, 2.45) is 29.6 Å². The van der Waals surface area contributed by atoms with Gasteiger partial charge in [0.15, 0.2) is 0 Å². The molecule has 1 aromatic carbocycles.